The number of hydrogen-bond donors (Lipinski definition) is 1. The Bertz CT molecular complexity index is 636. The first-order chi connectivity index (χ1) is 13.0. The molecule has 1 aromatic carbocycles. The fourth-order valence-electron chi connectivity index (χ4n) is 2.96. The van der Waals surface area contributed by atoms with Crippen LogP contribution >= 0.6 is 0 Å². The van der Waals surface area contributed by atoms with Crippen molar-refractivity contribution in [2.45, 2.75) is 52.0 Å². The molecule has 1 saturated heterocycles. The van der Waals surface area contributed by atoms with Crippen LogP contribution in [0.5, 0.6) is 5.75 Å². The van der Waals surface area contributed by atoms with Crippen molar-refractivity contribution in [1.29, 1.82) is 0 Å². The molecule has 0 saturated carbocycles. The molecule has 0 atom stereocenters. The standard InChI is InChI=1S/C20H28N2O5/c1-3-5-6-18(23)21-16-11-13-22(14-12-16)19(24)15-7-9-17(10-8-15)27-20(25)26-4-2/h7-10,16H,3-6,11-14H2,1-2H3,(H,21,23). The van der Waals surface area contributed by atoms with Gasteiger partial charge in [-0.25, -0.2) is 4.79 Å². The Hall–Kier alpha value is -2.57. The van der Waals surface area contributed by atoms with Gasteiger partial charge in [0.15, 0.2) is 0 Å². The van der Waals surface area contributed by atoms with Gasteiger partial charge in [-0.2, -0.15) is 0 Å². The molecule has 0 radical (unpaired) electrons. The summed E-state index contributed by atoms with van der Waals surface area (Å²) < 4.78 is 9.70. The van der Waals surface area contributed by atoms with Crippen LogP contribution in [0.4, 0.5) is 4.79 Å². The van der Waals surface area contributed by atoms with Gasteiger partial charge in [-0.15, -0.1) is 0 Å². The van der Waals surface area contributed by atoms with Crippen LogP contribution in [0.1, 0.15) is 56.3 Å². The second-order valence-corrected chi connectivity index (χ2v) is 6.55. The second-order valence-electron chi connectivity index (χ2n) is 6.55. The molecule has 0 aliphatic carbocycles. The average Bonchev–Trinajstić information content (AvgIpc) is 2.67. The van der Waals surface area contributed by atoms with Gasteiger partial charge in [-0.3, -0.25) is 9.59 Å². The van der Waals surface area contributed by atoms with Gasteiger partial charge in [0, 0.05) is 31.1 Å². The minimum Gasteiger partial charge on any atom is -0.434 e. The van der Waals surface area contributed by atoms with E-state index in [4.69, 9.17) is 9.47 Å². The molecule has 1 heterocycles. The molecular weight excluding hydrogens is 348 g/mol. The average molecular weight is 376 g/mol. The Kier molecular flexibility index (Phi) is 8.10. The molecule has 0 spiro atoms. The smallest absolute Gasteiger partial charge is 0.434 e. The molecule has 2 rings (SSSR count). The molecule has 2 amide bonds. The summed E-state index contributed by atoms with van der Waals surface area (Å²) in [7, 11) is 0. The molecule has 7 nitrogen and oxygen atoms in total. The Morgan fingerprint density at radius 1 is 1.11 bits per heavy atom. The van der Waals surface area contributed by atoms with Crippen molar-refractivity contribution in [3.05, 3.63) is 29.8 Å². The molecule has 0 bridgehead atoms. The summed E-state index contributed by atoms with van der Waals surface area (Å²) in [5.74, 6) is 0.366. The zero-order valence-electron chi connectivity index (χ0n) is 16.0. The van der Waals surface area contributed by atoms with Crippen LogP contribution in [-0.2, 0) is 9.53 Å². The van der Waals surface area contributed by atoms with Gasteiger partial charge in [0.25, 0.3) is 5.91 Å². The highest BCUT2D eigenvalue weighted by Crippen LogP contribution is 2.17. The van der Waals surface area contributed by atoms with Gasteiger partial charge in [0.05, 0.1) is 6.61 Å². The maximum atomic E-state index is 12.6. The van der Waals surface area contributed by atoms with Crippen LogP contribution in [0.2, 0.25) is 0 Å². The molecule has 7 heteroatoms. The number of ether oxygens (including phenoxy) is 2. The number of nitrogens with zero attached hydrogens (tertiary/aromatic N) is 1. The quantitative estimate of drug-likeness (QED) is 0.584. The number of carbonyl (C=O) groups is 3. The predicted molar refractivity (Wildman–Crippen MR) is 101 cm³/mol. The van der Waals surface area contributed by atoms with Crippen molar-refractivity contribution >= 4 is 18.0 Å². The van der Waals surface area contributed by atoms with E-state index < -0.39 is 6.16 Å². The van der Waals surface area contributed by atoms with Gasteiger partial charge in [-0.05, 0) is 50.5 Å². The summed E-state index contributed by atoms with van der Waals surface area (Å²) in [5, 5.41) is 3.05. The molecule has 1 aliphatic heterocycles. The van der Waals surface area contributed by atoms with Crippen molar-refractivity contribution in [2.24, 2.45) is 0 Å². The van der Waals surface area contributed by atoms with Gasteiger partial charge in [0.2, 0.25) is 5.91 Å². The molecule has 148 valence electrons. The van der Waals surface area contributed by atoms with E-state index in [0.29, 0.717) is 30.8 Å². The number of hydrogen-bond acceptors (Lipinski definition) is 5. The lowest BCUT2D eigenvalue weighted by atomic mass is 10.0. The highest BCUT2D eigenvalue weighted by molar-refractivity contribution is 5.94. The van der Waals surface area contributed by atoms with Gasteiger partial charge in [-0.1, -0.05) is 13.3 Å². The second kappa shape index (κ2) is 10.5. The highest BCUT2D eigenvalue weighted by atomic mass is 16.7. The van der Waals surface area contributed by atoms with E-state index in [9.17, 15) is 14.4 Å². The van der Waals surface area contributed by atoms with Crippen LogP contribution in [0.15, 0.2) is 24.3 Å². The first kappa shape index (κ1) is 20.7. The van der Waals surface area contributed by atoms with E-state index in [-0.39, 0.29) is 24.5 Å². The van der Waals surface area contributed by atoms with Crippen molar-refractivity contribution in [3.8, 4) is 5.75 Å². The molecular formula is C20H28N2O5. The fraction of sp³-hybridized carbons (Fsp3) is 0.550. The number of amides is 2. The van der Waals surface area contributed by atoms with Crippen molar-refractivity contribution < 1.29 is 23.9 Å². The largest absolute Gasteiger partial charge is 0.513 e. The Labute approximate surface area is 160 Å². The summed E-state index contributed by atoms with van der Waals surface area (Å²) in [6.07, 6.45) is 3.22. The van der Waals surface area contributed by atoms with Crippen LogP contribution in [0.3, 0.4) is 0 Å². The number of likely N-dealkylation sites (tertiary alicyclic amines) is 1. The predicted octanol–water partition coefficient (Wildman–Crippen LogP) is 3.13. The maximum Gasteiger partial charge on any atom is 0.513 e. The third-order valence-electron chi connectivity index (χ3n) is 4.47. The van der Waals surface area contributed by atoms with Crippen molar-refractivity contribution in [3.63, 3.8) is 0 Å². The maximum absolute atomic E-state index is 12.6. The van der Waals surface area contributed by atoms with Crippen LogP contribution in [-0.4, -0.2) is 48.6 Å². The zero-order valence-corrected chi connectivity index (χ0v) is 16.0. The molecule has 1 aliphatic rings. The molecule has 0 unspecified atom stereocenters. The summed E-state index contributed by atoms with van der Waals surface area (Å²) in [6.45, 7) is 5.22. The number of nitrogens with one attached hydrogen (secondary N) is 1. The van der Waals surface area contributed by atoms with E-state index in [1.165, 1.54) is 0 Å². The van der Waals surface area contributed by atoms with E-state index in [0.717, 1.165) is 25.7 Å². The van der Waals surface area contributed by atoms with E-state index >= 15 is 0 Å². The molecule has 1 fully saturated rings. The summed E-state index contributed by atoms with van der Waals surface area (Å²) in [5.41, 5.74) is 0.539. The van der Waals surface area contributed by atoms with Gasteiger partial charge in [0.1, 0.15) is 5.75 Å². The lowest BCUT2D eigenvalue weighted by molar-refractivity contribution is -0.122. The van der Waals surface area contributed by atoms with E-state index in [2.05, 4.69) is 12.2 Å². The minimum atomic E-state index is -0.764. The number of unbranched alkanes of at least 4 members (excludes halogenated alkanes) is 1. The van der Waals surface area contributed by atoms with Crippen LogP contribution in [0.25, 0.3) is 0 Å². The SMILES string of the molecule is CCCCC(=O)NC1CCN(C(=O)c2ccc(OC(=O)OCC)cc2)CC1. The first-order valence-corrected chi connectivity index (χ1v) is 9.56. The number of rotatable bonds is 7. The monoisotopic (exact) mass is 376 g/mol. The molecule has 1 aromatic rings. The van der Waals surface area contributed by atoms with Gasteiger partial charge >= 0.3 is 6.16 Å². The third-order valence-corrected chi connectivity index (χ3v) is 4.47. The molecule has 1 N–H and O–H groups in total. The highest BCUT2D eigenvalue weighted by Gasteiger charge is 2.24. The lowest BCUT2D eigenvalue weighted by Gasteiger charge is -2.32. The summed E-state index contributed by atoms with van der Waals surface area (Å²) in [6, 6.07) is 6.56. The van der Waals surface area contributed by atoms with Gasteiger partial charge < -0.3 is 19.7 Å². The Balaban J connectivity index is 1.81. The normalized spacial score (nSPS) is 14.5. The zero-order chi connectivity index (χ0) is 19.6. The topological polar surface area (TPSA) is 84.9 Å². The van der Waals surface area contributed by atoms with Crippen molar-refractivity contribution in [1.82, 2.24) is 10.2 Å². The fourth-order valence-corrected chi connectivity index (χ4v) is 2.96. The molecule has 0 aromatic heterocycles. The number of carbonyl (C=O) groups excluding carboxylic acids is 3. The Morgan fingerprint density at radius 2 is 1.78 bits per heavy atom. The van der Waals surface area contributed by atoms with E-state index in [1.54, 1.807) is 36.1 Å². The van der Waals surface area contributed by atoms with Crippen LogP contribution in [0, 0.1) is 0 Å². The Morgan fingerprint density at radius 3 is 2.37 bits per heavy atom. The summed E-state index contributed by atoms with van der Waals surface area (Å²) in [4.78, 5) is 37.5. The van der Waals surface area contributed by atoms with Crippen molar-refractivity contribution in [2.75, 3.05) is 19.7 Å². The lowest BCUT2D eigenvalue weighted by Crippen LogP contribution is -2.46. The molecule has 27 heavy (non-hydrogen) atoms. The van der Waals surface area contributed by atoms with E-state index in [1.807, 2.05) is 0 Å². The first-order valence-electron chi connectivity index (χ1n) is 9.56. The minimum absolute atomic E-state index is 0.0616. The third kappa shape index (κ3) is 6.58. The number of benzene rings is 1. The summed E-state index contributed by atoms with van der Waals surface area (Å²) >= 11 is 0. The number of piperidine rings is 1. The van der Waals surface area contributed by atoms with Crippen LogP contribution < -0.4 is 10.1 Å².